The van der Waals surface area contributed by atoms with Crippen LogP contribution in [0.1, 0.15) is 5.56 Å². The molecular weight excluding hydrogens is 190 g/mol. The van der Waals surface area contributed by atoms with E-state index in [9.17, 15) is 4.79 Å². The second-order valence-corrected chi connectivity index (χ2v) is 3.66. The molecule has 3 rings (SSSR count). The molecule has 0 aliphatic carbocycles. The second-order valence-electron chi connectivity index (χ2n) is 3.66. The van der Waals surface area contributed by atoms with Crippen molar-refractivity contribution in [3.05, 3.63) is 40.3 Å². The van der Waals surface area contributed by atoms with Crippen LogP contribution in [0, 0.1) is 6.92 Å². The van der Waals surface area contributed by atoms with Gasteiger partial charge in [0.05, 0.1) is 22.6 Å². The number of hydrogen-bond donors (Lipinski definition) is 2. The summed E-state index contributed by atoms with van der Waals surface area (Å²) in [5.74, 6) is 0. The third kappa shape index (κ3) is 1.08. The summed E-state index contributed by atoms with van der Waals surface area (Å²) in [7, 11) is 0. The van der Waals surface area contributed by atoms with Gasteiger partial charge >= 0.3 is 0 Å². The Hall–Kier alpha value is -2.10. The lowest BCUT2D eigenvalue weighted by Crippen LogP contribution is -2.04. The molecule has 0 bridgehead atoms. The van der Waals surface area contributed by atoms with E-state index in [0.29, 0.717) is 5.39 Å². The fourth-order valence-electron chi connectivity index (χ4n) is 1.83. The van der Waals surface area contributed by atoms with Gasteiger partial charge in [-0.2, -0.15) is 5.10 Å². The first-order valence-corrected chi connectivity index (χ1v) is 4.71. The van der Waals surface area contributed by atoms with Crippen LogP contribution in [0.15, 0.2) is 29.2 Å². The molecular formula is C11H9N3O. The number of benzene rings is 1. The number of fused-ring (bicyclic) bond motifs is 3. The van der Waals surface area contributed by atoms with Gasteiger partial charge in [-0.25, -0.2) is 0 Å². The topological polar surface area (TPSA) is 61.5 Å². The maximum Gasteiger partial charge on any atom is 0.259 e. The van der Waals surface area contributed by atoms with E-state index in [2.05, 4.69) is 15.2 Å². The van der Waals surface area contributed by atoms with Crippen molar-refractivity contribution in [1.29, 1.82) is 0 Å². The summed E-state index contributed by atoms with van der Waals surface area (Å²) in [5.41, 5.74) is 2.69. The third-order valence-corrected chi connectivity index (χ3v) is 2.58. The highest BCUT2D eigenvalue weighted by atomic mass is 16.1. The van der Waals surface area contributed by atoms with Gasteiger partial charge < -0.3 is 4.98 Å². The van der Waals surface area contributed by atoms with Crippen LogP contribution < -0.4 is 5.56 Å². The van der Waals surface area contributed by atoms with E-state index in [1.165, 1.54) is 0 Å². The molecule has 0 unspecified atom stereocenters. The molecule has 2 aromatic heterocycles. The lowest BCUT2D eigenvalue weighted by molar-refractivity contribution is 1.12. The number of hydrogen-bond acceptors (Lipinski definition) is 2. The maximum absolute atomic E-state index is 11.6. The van der Waals surface area contributed by atoms with E-state index in [-0.39, 0.29) is 5.56 Å². The fraction of sp³-hybridized carbons (Fsp3) is 0.0909. The highest BCUT2D eigenvalue weighted by molar-refractivity contribution is 6.02. The van der Waals surface area contributed by atoms with E-state index < -0.39 is 0 Å². The second kappa shape index (κ2) is 2.70. The average Bonchev–Trinajstić information content (AvgIpc) is 2.69. The normalized spacial score (nSPS) is 11.3. The molecule has 0 radical (unpaired) electrons. The number of pyridine rings is 1. The van der Waals surface area contributed by atoms with Gasteiger partial charge in [-0.05, 0) is 19.1 Å². The van der Waals surface area contributed by atoms with Crippen LogP contribution >= 0.6 is 0 Å². The standard InChI is InChI=1S/C11H9N3O/c1-6-2-3-9-7(4-6)10-8(5-12-14-10)11(15)13-9/h2-5H,1H3,(H,12,14)(H,13,15). The van der Waals surface area contributed by atoms with Gasteiger partial charge in [-0.1, -0.05) is 11.6 Å². The van der Waals surface area contributed by atoms with Crippen LogP contribution in [-0.4, -0.2) is 15.2 Å². The first-order valence-electron chi connectivity index (χ1n) is 4.71. The number of aromatic amines is 2. The first-order chi connectivity index (χ1) is 7.25. The summed E-state index contributed by atoms with van der Waals surface area (Å²) in [6.07, 6.45) is 1.55. The van der Waals surface area contributed by atoms with Gasteiger partial charge in [-0.15, -0.1) is 0 Å². The summed E-state index contributed by atoms with van der Waals surface area (Å²) in [4.78, 5) is 14.5. The van der Waals surface area contributed by atoms with E-state index in [1.807, 2.05) is 25.1 Å². The van der Waals surface area contributed by atoms with Gasteiger partial charge in [0, 0.05) is 5.39 Å². The lowest BCUT2D eigenvalue weighted by atomic mass is 10.1. The quantitative estimate of drug-likeness (QED) is 0.579. The molecule has 2 N–H and O–H groups in total. The smallest absolute Gasteiger partial charge is 0.259 e. The maximum atomic E-state index is 11.6. The van der Waals surface area contributed by atoms with Gasteiger partial charge in [-0.3, -0.25) is 9.89 Å². The van der Waals surface area contributed by atoms with E-state index in [4.69, 9.17) is 0 Å². The van der Waals surface area contributed by atoms with E-state index >= 15 is 0 Å². The van der Waals surface area contributed by atoms with Gasteiger partial charge in [0.2, 0.25) is 0 Å². The van der Waals surface area contributed by atoms with Crippen molar-refractivity contribution in [2.45, 2.75) is 6.92 Å². The highest BCUT2D eigenvalue weighted by Crippen LogP contribution is 2.19. The van der Waals surface area contributed by atoms with Crippen LogP contribution in [0.2, 0.25) is 0 Å². The Kier molecular flexibility index (Phi) is 1.48. The molecule has 0 spiro atoms. The summed E-state index contributed by atoms with van der Waals surface area (Å²) in [5, 5.41) is 8.36. The Labute approximate surface area is 84.9 Å². The first kappa shape index (κ1) is 8.23. The molecule has 1 aromatic carbocycles. The molecule has 0 saturated carbocycles. The minimum Gasteiger partial charge on any atom is -0.321 e. The lowest BCUT2D eigenvalue weighted by Gasteiger charge is -2.00. The van der Waals surface area contributed by atoms with Crippen molar-refractivity contribution in [3.8, 4) is 0 Å². The zero-order chi connectivity index (χ0) is 10.4. The zero-order valence-electron chi connectivity index (χ0n) is 8.16. The van der Waals surface area contributed by atoms with Crippen molar-refractivity contribution in [1.82, 2.24) is 15.2 Å². The Morgan fingerprint density at radius 3 is 3.00 bits per heavy atom. The molecule has 0 atom stereocenters. The van der Waals surface area contributed by atoms with Gasteiger partial charge in [0.25, 0.3) is 5.56 Å². The molecule has 3 aromatic rings. The molecule has 4 heteroatoms. The SMILES string of the molecule is Cc1ccc2[nH]c(=O)c3cn[nH]c3c2c1. The third-order valence-electron chi connectivity index (χ3n) is 2.58. The average molecular weight is 199 g/mol. The van der Waals surface area contributed by atoms with E-state index in [1.54, 1.807) is 6.20 Å². The van der Waals surface area contributed by atoms with Crippen molar-refractivity contribution < 1.29 is 0 Å². The van der Waals surface area contributed by atoms with Crippen molar-refractivity contribution in [3.63, 3.8) is 0 Å². The molecule has 74 valence electrons. The molecule has 0 amide bonds. The molecule has 0 aliphatic heterocycles. The summed E-state index contributed by atoms with van der Waals surface area (Å²) in [6.45, 7) is 2.02. The number of nitrogens with zero attached hydrogens (tertiary/aromatic N) is 1. The molecule has 0 aliphatic rings. The van der Waals surface area contributed by atoms with Crippen LogP contribution in [0.25, 0.3) is 21.8 Å². The number of H-pyrrole nitrogens is 2. The molecule has 0 saturated heterocycles. The monoisotopic (exact) mass is 199 g/mol. The molecule has 4 nitrogen and oxygen atoms in total. The van der Waals surface area contributed by atoms with Crippen molar-refractivity contribution >= 4 is 21.8 Å². The number of rotatable bonds is 0. The predicted molar refractivity (Wildman–Crippen MR) is 59.0 cm³/mol. The van der Waals surface area contributed by atoms with Gasteiger partial charge in [0.1, 0.15) is 0 Å². The van der Waals surface area contributed by atoms with Crippen LogP contribution in [0.4, 0.5) is 0 Å². The van der Waals surface area contributed by atoms with Crippen molar-refractivity contribution in [2.24, 2.45) is 0 Å². The number of aromatic nitrogens is 3. The van der Waals surface area contributed by atoms with Gasteiger partial charge in [0.15, 0.2) is 0 Å². The van der Waals surface area contributed by atoms with Crippen LogP contribution in [0.3, 0.4) is 0 Å². The molecule has 0 fully saturated rings. The van der Waals surface area contributed by atoms with Crippen molar-refractivity contribution in [2.75, 3.05) is 0 Å². The Morgan fingerprint density at radius 1 is 1.27 bits per heavy atom. The number of nitrogens with one attached hydrogen (secondary N) is 2. The molecule has 15 heavy (non-hydrogen) atoms. The minimum absolute atomic E-state index is 0.102. The van der Waals surface area contributed by atoms with Crippen LogP contribution in [-0.2, 0) is 0 Å². The highest BCUT2D eigenvalue weighted by Gasteiger charge is 2.06. The summed E-state index contributed by atoms with van der Waals surface area (Å²) in [6, 6.07) is 5.92. The Morgan fingerprint density at radius 2 is 2.13 bits per heavy atom. The van der Waals surface area contributed by atoms with Crippen LogP contribution in [0.5, 0.6) is 0 Å². The summed E-state index contributed by atoms with van der Waals surface area (Å²) < 4.78 is 0. The molecule has 2 heterocycles. The minimum atomic E-state index is -0.102. The largest absolute Gasteiger partial charge is 0.321 e. The fourth-order valence-corrected chi connectivity index (χ4v) is 1.83. The number of aryl methyl sites for hydroxylation is 1. The predicted octanol–water partition coefficient (Wildman–Crippen LogP) is 1.71. The zero-order valence-corrected chi connectivity index (χ0v) is 8.16. The summed E-state index contributed by atoms with van der Waals surface area (Å²) >= 11 is 0. The van der Waals surface area contributed by atoms with E-state index in [0.717, 1.165) is 22.0 Å². The Bertz CT molecular complexity index is 708. The Balaban J connectivity index is 2.67.